The summed E-state index contributed by atoms with van der Waals surface area (Å²) >= 11 is 0. The maximum absolute atomic E-state index is 12.3. The molecule has 0 bridgehead atoms. The number of nitrogens with two attached hydrogens (primary N) is 1. The van der Waals surface area contributed by atoms with Crippen LogP contribution in [0.3, 0.4) is 0 Å². The van der Waals surface area contributed by atoms with Gasteiger partial charge in [0.05, 0.1) is 29.8 Å². The number of pyridine rings is 1. The molecule has 0 aliphatic carbocycles. The molecule has 0 fully saturated rings. The SMILES string of the molecule is CN(C)/C=N/S(=O)(=O)c1cc(N)cnc1-n1cc(C#N)cn1. The number of rotatable bonds is 4. The minimum absolute atomic E-state index is 0.0200. The summed E-state index contributed by atoms with van der Waals surface area (Å²) in [7, 11) is -0.726. The second-order valence-electron chi connectivity index (χ2n) is 4.54. The number of sulfonamides is 1. The fraction of sp³-hybridized carbons (Fsp3) is 0.167. The quantitative estimate of drug-likeness (QED) is 0.620. The van der Waals surface area contributed by atoms with Crippen molar-refractivity contribution in [3.8, 4) is 11.9 Å². The monoisotopic (exact) mass is 319 g/mol. The molecule has 0 amide bonds. The summed E-state index contributed by atoms with van der Waals surface area (Å²) in [5.74, 6) is 0.0200. The zero-order chi connectivity index (χ0) is 16.3. The van der Waals surface area contributed by atoms with E-state index in [1.807, 2.05) is 6.07 Å². The van der Waals surface area contributed by atoms with Crippen molar-refractivity contribution >= 4 is 22.0 Å². The van der Waals surface area contributed by atoms with Crippen LogP contribution >= 0.6 is 0 Å². The summed E-state index contributed by atoms with van der Waals surface area (Å²) in [6.07, 6.45) is 5.13. The first-order chi connectivity index (χ1) is 10.3. The molecule has 2 heterocycles. The molecule has 2 aromatic heterocycles. The minimum atomic E-state index is -4.01. The van der Waals surface area contributed by atoms with Crippen molar-refractivity contribution in [1.29, 1.82) is 5.26 Å². The Morgan fingerprint density at radius 2 is 2.18 bits per heavy atom. The first kappa shape index (κ1) is 15.5. The summed E-state index contributed by atoms with van der Waals surface area (Å²) in [5.41, 5.74) is 6.07. The predicted molar refractivity (Wildman–Crippen MR) is 79.9 cm³/mol. The summed E-state index contributed by atoms with van der Waals surface area (Å²) in [5, 5.41) is 12.7. The van der Waals surface area contributed by atoms with E-state index in [2.05, 4.69) is 14.5 Å². The van der Waals surface area contributed by atoms with Crippen molar-refractivity contribution < 1.29 is 8.42 Å². The molecule has 114 valence electrons. The molecule has 0 aromatic carbocycles. The lowest BCUT2D eigenvalue weighted by Crippen LogP contribution is -2.12. The van der Waals surface area contributed by atoms with Crippen LogP contribution in [-0.4, -0.2) is 48.5 Å². The summed E-state index contributed by atoms with van der Waals surface area (Å²) in [6.45, 7) is 0. The van der Waals surface area contributed by atoms with Crippen molar-refractivity contribution in [3.63, 3.8) is 0 Å². The minimum Gasteiger partial charge on any atom is -0.397 e. The first-order valence-corrected chi connectivity index (χ1v) is 7.45. The normalized spacial score (nSPS) is 11.5. The maximum atomic E-state index is 12.3. The van der Waals surface area contributed by atoms with Gasteiger partial charge in [-0.05, 0) is 6.07 Å². The highest BCUT2D eigenvalue weighted by Crippen LogP contribution is 2.22. The van der Waals surface area contributed by atoms with E-state index in [0.29, 0.717) is 0 Å². The molecule has 0 unspecified atom stereocenters. The average Bonchev–Trinajstić information content (AvgIpc) is 2.94. The molecule has 22 heavy (non-hydrogen) atoms. The van der Waals surface area contributed by atoms with E-state index in [-0.39, 0.29) is 22.0 Å². The molecule has 2 N–H and O–H groups in total. The van der Waals surface area contributed by atoms with Gasteiger partial charge in [0.25, 0.3) is 10.0 Å². The van der Waals surface area contributed by atoms with E-state index in [0.717, 1.165) is 6.34 Å². The number of nitrogens with zero attached hydrogens (tertiary/aromatic N) is 6. The molecule has 0 aliphatic heterocycles. The summed E-state index contributed by atoms with van der Waals surface area (Å²) in [4.78, 5) is 5.28. The largest absolute Gasteiger partial charge is 0.397 e. The Hall–Kier alpha value is -2.93. The smallest absolute Gasteiger partial charge is 0.287 e. The van der Waals surface area contributed by atoms with Crippen molar-refractivity contribution in [2.24, 2.45) is 4.40 Å². The number of nitrogen functional groups attached to an aromatic ring is 1. The maximum Gasteiger partial charge on any atom is 0.287 e. The van der Waals surface area contributed by atoms with Gasteiger partial charge in [-0.2, -0.15) is 18.8 Å². The third kappa shape index (κ3) is 3.21. The highest BCUT2D eigenvalue weighted by Gasteiger charge is 2.21. The Kier molecular flexibility index (Phi) is 4.09. The fourth-order valence-electron chi connectivity index (χ4n) is 1.52. The van der Waals surface area contributed by atoms with Crippen LogP contribution < -0.4 is 5.73 Å². The summed E-state index contributed by atoms with van der Waals surface area (Å²) < 4.78 is 29.4. The lowest BCUT2D eigenvalue weighted by molar-refractivity contribution is 0.593. The molecule has 0 spiro atoms. The van der Waals surface area contributed by atoms with Gasteiger partial charge in [-0.15, -0.1) is 4.40 Å². The molecule has 2 aromatic rings. The average molecular weight is 319 g/mol. The highest BCUT2D eigenvalue weighted by molar-refractivity contribution is 7.90. The Labute approximate surface area is 127 Å². The molecule has 0 radical (unpaired) electrons. The Bertz CT molecular complexity index is 862. The van der Waals surface area contributed by atoms with Gasteiger partial charge in [-0.1, -0.05) is 0 Å². The predicted octanol–water partition coefficient (Wildman–Crippen LogP) is -0.000220. The van der Waals surface area contributed by atoms with E-state index in [4.69, 9.17) is 11.0 Å². The van der Waals surface area contributed by atoms with Gasteiger partial charge >= 0.3 is 0 Å². The standard InChI is InChI=1S/C12H13N7O2S/c1-18(2)8-17-22(20,21)11-3-10(14)6-15-12(11)19-7-9(4-13)5-16-19/h3,5-8H,14H2,1-2H3/b17-8+. The van der Waals surface area contributed by atoms with Crippen molar-refractivity contribution in [2.75, 3.05) is 19.8 Å². The number of hydrogen-bond acceptors (Lipinski definition) is 6. The molecule has 0 aliphatic rings. The van der Waals surface area contributed by atoms with Crippen molar-refractivity contribution in [1.82, 2.24) is 19.7 Å². The van der Waals surface area contributed by atoms with E-state index < -0.39 is 10.0 Å². The highest BCUT2D eigenvalue weighted by atomic mass is 32.2. The molecular formula is C12H13N7O2S. The molecule has 0 atom stereocenters. The van der Waals surface area contributed by atoms with Gasteiger partial charge in [-0.25, -0.2) is 9.67 Å². The van der Waals surface area contributed by atoms with Crippen LogP contribution in [0.15, 0.2) is 34.0 Å². The van der Waals surface area contributed by atoms with Gasteiger partial charge in [0.1, 0.15) is 17.3 Å². The summed E-state index contributed by atoms with van der Waals surface area (Å²) in [6, 6.07) is 3.15. The number of hydrogen-bond donors (Lipinski definition) is 1. The van der Waals surface area contributed by atoms with Gasteiger partial charge in [0.2, 0.25) is 0 Å². The fourth-order valence-corrected chi connectivity index (χ4v) is 2.61. The van der Waals surface area contributed by atoms with E-state index in [1.54, 1.807) is 14.1 Å². The van der Waals surface area contributed by atoms with Crippen LogP contribution in [-0.2, 0) is 10.0 Å². The lowest BCUT2D eigenvalue weighted by Gasteiger charge is -2.08. The van der Waals surface area contributed by atoms with Crippen LogP contribution in [0.4, 0.5) is 5.69 Å². The van der Waals surface area contributed by atoms with E-state index in [1.165, 1.54) is 34.2 Å². The second kappa shape index (κ2) is 5.82. The van der Waals surface area contributed by atoms with E-state index in [9.17, 15) is 8.42 Å². The van der Waals surface area contributed by atoms with Crippen molar-refractivity contribution in [2.45, 2.75) is 4.90 Å². The third-order valence-electron chi connectivity index (χ3n) is 2.48. The van der Waals surface area contributed by atoms with Crippen LogP contribution in [0.25, 0.3) is 5.82 Å². The molecule has 9 nitrogen and oxygen atoms in total. The number of nitriles is 1. The zero-order valence-corrected chi connectivity index (χ0v) is 12.7. The van der Waals surface area contributed by atoms with Gasteiger partial charge in [-0.3, -0.25) is 0 Å². The van der Waals surface area contributed by atoms with Gasteiger partial charge < -0.3 is 10.6 Å². The molecule has 10 heteroatoms. The second-order valence-corrected chi connectivity index (χ2v) is 6.14. The molecule has 2 rings (SSSR count). The molecule has 0 saturated heterocycles. The molecular weight excluding hydrogens is 306 g/mol. The topological polar surface area (TPSA) is 130 Å². The van der Waals surface area contributed by atoms with Crippen LogP contribution in [0.5, 0.6) is 0 Å². The Balaban J connectivity index is 2.61. The van der Waals surface area contributed by atoms with Crippen LogP contribution in [0.1, 0.15) is 5.56 Å². The van der Waals surface area contributed by atoms with Gasteiger partial charge in [0.15, 0.2) is 5.82 Å². The van der Waals surface area contributed by atoms with Crippen LogP contribution in [0.2, 0.25) is 0 Å². The number of aromatic nitrogens is 3. The number of anilines is 1. The third-order valence-corrected chi connectivity index (χ3v) is 3.71. The van der Waals surface area contributed by atoms with Crippen LogP contribution in [0, 0.1) is 11.3 Å². The van der Waals surface area contributed by atoms with Crippen molar-refractivity contribution in [3.05, 3.63) is 30.2 Å². The first-order valence-electron chi connectivity index (χ1n) is 6.01. The molecule has 0 saturated carbocycles. The lowest BCUT2D eigenvalue weighted by atomic mass is 10.4. The van der Waals surface area contributed by atoms with E-state index >= 15 is 0 Å². The Morgan fingerprint density at radius 3 is 2.77 bits per heavy atom. The zero-order valence-electron chi connectivity index (χ0n) is 11.9. The van der Waals surface area contributed by atoms with Gasteiger partial charge in [0, 0.05) is 14.1 Å². The Morgan fingerprint density at radius 1 is 1.45 bits per heavy atom.